The molecule has 2 fully saturated rings. The molecule has 0 spiro atoms. The van der Waals surface area contributed by atoms with Crippen molar-refractivity contribution in [3.8, 4) is 0 Å². The normalized spacial score (nSPS) is 26.7. The first kappa shape index (κ1) is 65.5. The summed E-state index contributed by atoms with van der Waals surface area (Å²) in [7, 11) is 5.83. The van der Waals surface area contributed by atoms with Crippen LogP contribution in [0.2, 0.25) is 0 Å². The van der Waals surface area contributed by atoms with Crippen LogP contribution in [0.15, 0.2) is 60.7 Å². The van der Waals surface area contributed by atoms with Gasteiger partial charge in [0.2, 0.25) is 29.5 Å². The minimum absolute atomic E-state index is 0.00768. The molecule has 17 nitrogen and oxygen atoms in total. The van der Waals surface area contributed by atoms with Gasteiger partial charge in [-0.15, -0.1) is 0 Å². The lowest BCUT2D eigenvalue weighted by Crippen LogP contribution is -2.61. The third-order valence-corrected chi connectivity index (χ3v) is 16.5. The Morgan fingerprint density at radius 3 is 1.66 bits per heavy atom. The fourth-order valence-corrected chi connectivity index (χ4v) is 11.7. The van der Waals surface area contributed by atoms with E-state index in [4.69, 9.17) is 4.74 Å². The lowest BCUT2D eigenvalue weighted by atomic mass is 9.82. The van der Waals surface area contributed by atoms with Crippen LogP contribution < -0.4 is 5.32 Å². The summed E-state index contributed by atoms with van der Waals surface area (Å²) in [5, 5.41) is 14.7. The number of fused-ring (bicyclic) bond motifs is 1. The lowest BCUT2D eigenvalue weighted by molar-refractivity contribution is -0.178. The summed E-state index contributed by atoms with van der Waals surface area (Å²) in [5.41, 5.74) is -0.484. The van der Waals surface area contributed by atoms with Crippen LogP contribution in [-0.2, 0) is 60.7 Å². The third kappa shape index (κ3) is 16.6. The highest BCUT2D eigenvalue weighted by Crippen LogP contribution is 2.32. The molecule has 438 valence electrons. The van der Waals surface area contributed by atoms with E-state index in [2.05, 4.69) is 5.32 Å². The van der Waals surface area contributed by atoms with Crippen LogP contribution in [0, 0.1) is 41.4 Å². The Bertz CT molecular complexity index is 2420. The summed E-state index contributed by atoms with van der Waals surface area (Å²) < 4.78 is 6.12. The maximum Gasteiger partial charge on any atom is 0.332 e. The molecule has 17 heteroatoms. The van der Waals surface area contributed by atoms with Crippen molar-refractivity contribution in [2.45, 2.75) is 189 Å². The molecule has 0 bridgehead atoms. The smallest absolute Gasteiger partial charge is 0.332 e. The van der Waals surface area contributed by atoms with Crippen molar-refractivity contribution in [2.24, 2.45) is 41.4 Å². The molecule has 2 aromatic carbocycles. The van der Waals surface area contributed by atoms with Gasteiger partial charge in [-0.2, -0.15) is 0 Å². The number of esters is 1. The number of nitrogens with one attached hydrogen (secondary N) is 1. The van der Waals surface area contributed by atoms with Crippen LogP contribution in [-0.4, -0.2) is 165 Å². The topological polar surface area (TPSA) is 211 Å². The molecule has 2 aliphatic heterocycles. The number of aliphatic hydroxyl groups is 1. The molecule has 2 aromatic rings. The van der Waals surface area contributed by atoms with E-state index in [9.17, 15) is 38.7 Å². The molecular formula is C62H94N6O11. The first-order valence-electron chi connectivity index (χ1n) is 28.7. The number of nitrogens with zero attached hydrogens (tertiary/aromatic N) is 5. The van der Waals surface area contributed by atoms with E-state index in [0.717, 1.165) is 10.5 Å². The van der Waals surface area contributed by atoms with Crippen molar-refractivity contribution >= 4 is 53.0 Å². The van der Waals surface area contributed by atoms with Crippen LogP contribution in [0.25, 0.3) is 0 Å². The highest BCUT2D eigenvalue weighted by Gasteiger charge is 2.48. The van der Waals surface area contributed by atoms with E-state index in [-0.39, 0.29) is 56.3 Å². The van der Waals surface area contributed by atoms with Crippen LogP contribution in [0.5, 0.6) is 0 Å². The van der Waals surface area contributed by atoms with Crippen molar-refractivity contribution in [2.75, 3.05) is 34.7 Å². The van der Waals surface area contributed by atoms with Crippen molar-refractivity contribution in [1.82, 2.24) is 29.8 Å². The molecule has 2 heterocycles. The molecule has 0 radical (unpaired) electrons. The van der Waals surface area contributed by atoms with Gasteiger partial charge in [0.05, 0.1) is 17.7 Å². The van der Waals surface area contributed by atoms with E-state index in [1.807, 2.05) is 102 Å². The molecule has 3 unspecified atom stereocenters. The van der Waals surface area contributed by atoms with Crippen molar-refractivity contribution in [3.05, 3.63) is 71.8 Å². The first-order chi connectivity index (χ1) is 37.0. The summed E-state index contributed by atoms with van der Waals surface area (Å²) in [6.45, 7) is 21.1. The second kappa shape index (κ2) is 29.0. The SMILES string of the molecule is CCC(C)[C@@H]1CC(=O)[C@@H]2CCCN2C(=O)[C@H](Cc2ccccc2)N(C)C(=O)C(Cc2ccccc2)NC(=O)[C@H](C(C)C)N(C)C(=O)[C@@H](C(C)CC)OC(=O)[C@H](C(C)(C)O)N(C)C(=O)[C@H](CC(C)C)CC(=O)[C@H](C(C)C)N(C)C1=O. The van der Waals surface area contributed by atoms with Gasteiger partial charge < -0.3 is 39.7 Å². The van der Waals surface area contributed by atoms with Gasteiger partial charge in [-0.25, -0.2) is 4.79 Å². The Hall–Kier alpha value is -5.97. The Labute approximate surface area is 470 Å². The molecular weight excluding hydrogens is 1000 g/mol. The Balaban J connectivity index is 1.98. The number of likely N-dealkylation sites (N-methyl/N-ethyl adjacent to an activating group) is 4. The maximum absolute atomic E-state index is 15.3. The summed E-state index contributed by atoms with van der Waals surface area (Å²) in [6.07, 6.45) is -0.0284. The molecule has 2 aliphatic rings. The number of amides is 6. The van der Waals surface area contributed by atoms with Crippen LogP contribution in [0.3, 0.4) is 0 Å². The van der Waals surface area contributed by atoms with Crippen molar-refractivity contribution < 1.29 is 53.0 Å². The van der Waals surface area contributed by atoms with Gasteiger partial charge in [0.1, 0.15) is 18.1 Å². The number of ketones is 2. The highest BCUT2D eigenvalue weighted by molar-refractivity contribution is 5.99. The van der Waals surface area contributed by atoms with E-state index >= 15 is 9.59 Å². The average molecular weight is 1100 g/mol. The number of rotatable bonds is 13. The molecule has 6 amide bonds. The monoisotopic (exact) mass is 1100 g/mol. The van der Waals surface area contributed by atoms with Crippen LogP contribution in [0.1, 0.15) is 139 Å². The molecule has 4 rings (SSSR count). The van der Waals surface area contributed by atoms with Gasteiger partial charge in [-0.1, -0.05) is 136 Å². The maximum atomic E-state index is 15.3. The van der Waals surface area contributed by atoms with E-state index in [0.29, 0.717) is 31.2 Å². The zero-order chi connectivity index (χ0) is 59.4. The van der Waals surface area contributed by atoms with E-state index in [1.54, 1.807) is 34.7 Å². The zero-order valence-corrected chi connectivity index (χ0v) is 50.2. The minimum atomic E-state index is -1.94. The van der Waals surface area contributed by atoms with Gasteiger partial charge in [-0.3, -0.25) is 38.4 Å². The summed E-state index contributed by atoms with van der Waals surface area (Å²) >= 11 is 0. The molecule has 0 aliphatic carbocycles. The number of ether oxygens (including phenoxy) is 1. The number of Topliss-reactive ketones (excluding diaryl/α,β-unsaturated/α-hetero) is 2. The lowest BCUT2D eigenvalue weighted by Gasteiger charge is -2.39. The number of carbonyl (C=O) groups excluding carboxylic acids is 9. The van der Waals surface area contributed by atoms with Gasteiger partial charge in [0, 0.05) is 78.2 Å². The molecule has 0 aromatic heterocycles. The zero-order valence-electron chi connectivity index (χ0n) is 50.2. The van der Waals surface area contributed by atoms with Crippen LogP contribution in [0.4, 0.5) is 0 Å². The number of benzene rings is 2. The minimum Gasteiger partial charge on any atom is -0.450 e. The largest absolute Gasteiger partial charge is 0.450 e. The highest BCUT2D eigenvalue weighted by atomic mass is 16.6. The third-order valence-electron chi connectivity index (χ3n) is 16.5. The number of cyclic esters (lactones) is 1. The van der Waals surface area contributed by atoms with Crippen molar-refractivity contribution in [1.29, 1.82) is 0 Å². The fourth-order valence-electron chi connectivity index (χ4n) is 11.7. The number of hydrogen-bond acceptors (Lipinski definition) is 11. The average Bonchev–Trinajstić information content (AvgIpc) is 3.89. The van der Waals surface area contributed by atoms with E-state index < -0.39 is 125 Å². The van der Waals surface area contributed by atoms with E-state index in [1.165, 1.54) is 54.6 Å². The molecule has 0 saturated carbocycles. The molecule has 2 N–H and O–H groups in total. The summed E-state index contributed by atoms with van der Waals surface area (Å²) in [5.74, 6) is -9.25. The Morgan fingerprint density at radius 1 is 0.620 bits per heavy atom. The Morgan fingerprint density at radius 2 is 1.15 bits per heavy atom. The van der Waals surface area contributed by atoms with Gasteiger partial charge >= 0.3 is 5.97 Å². The standard InChI is InChI=1S/C62H94N6O11/c1-17-40(9)45-36-49(69)47-30-25-31-68(47)59(75)48(34-43-28-23-20-24-29-43)64(13)58(74)46(33-42-26-21-19-22-27-42)63-55(71)52(39(7)8)66(15)60(76)53(41(10)18-2)79-61(77)54(62(11,12)78)67(16)56(72)44(32-37(3)4)35-50(70)51(38(5)6)65(14)57(45)73/h19-24,26-29,37-41,44-48,51-54,78H,17-18,25,30-36H2,1-16H3,(H,63,71)/t40?,41?,44-,45+,46?,47+,48+,51+,52+,53-,54-/m1/s1. The molecule has 79 heavy (non-hydrogen) atoms. The fraction of sp³-hybridized carbons (Fsp3) is 0.661. The van der Waals surface area contributed by atoms with Gasteiger partial charge in [0.25, 0.3) is 5.91 Å². The second-order valence-corrected chi connectivity index (χ2v) is 24.3. The predicted molar refractivity (Wildman–Crippen MR) is 304 cm³/mol. The predicted octanol–water partition coefficient (Wildman–Crippen LogP) is 6.55. The van der Waals surface area contributed by atoms with Gasteiger partial charge in [0.15, 0.2) is 23.7 Å². The number of carbonyl (C=O) groups is 9. The van der Waals surface area contributed by atoms with Crippen molar-refractivity contribution in [3.63, 3.8) is 0 Å². The molecule has 2 saturated heterocycles. The van der Waals surface area contributed by atoms with Crippen LogP contribution >= 0.6 is 0 Å². The molecule has 11 atom stereocenters. The van der Waals surface area contributed by atoms with Gasteiger partial charge in [-0.05, 0) is 74.3 Å². The summed E-state index contributed by atoms with van der Waals surface area (Å²) in [4.78, 5) is 141. The second-order valence-electron chi connectivity index (χ2n) is 24.3. The first-order valence-corrected chi connectivity index (χ1v) is 28.7. The summed E-state index contributed by atoms with van der Waals surface area (Å²) in [6, 6.07) is 11.0. The quantitative estimate of drug-likeness (QED) is 0.205. The number of hydrogen-bond donors (Lipinski definition) is 2. The Kier molecular flexibility index (Phi) is 24.0.